The van der Waals surface area contributed by atoms with E-state index < -0.39 is 9.84 Å². The van der Waals surface area contributed by atoms with Crippen molar-refractivity contribution in [3.05, 3.63) is 24.3 Å². The second kappa shape index (κ2) is 8.78. The zero-order valence-corrected chi connectivity index (χ0v) is 13.9. The monoisotopic (exact) mass is 328 g/mol. The van der Waals surface area contributed by atoms with E-state index in [1.165, 1.54) is 31.4 Å². The lowest BCUT2D eigenvalue weighted by atomic mass is 10.00. The summed E-state index contributed by atoms with van der Waals surface area (Å²) in [5, 5.41) is 9.24. The maximum Gasteiger partial charge on any atom is 0.305 e. The van der Waals surface area contributed by atoms with Gasteiger partial charge in [0, 0.05) is 6.42 Å². The van der Waals surface area contributed by atoms with E-state index in [4.69, 9.17) is 0 Å². The van der Waals surface area contributed by atoms with Gasteiger partial charge in [0.1, 0.15) is 5.75 Å². The lowest BCUT2D eigenvalue weighted by Crippen LogP contribution is -2.20. The molecule has 1 aromatic rings. The van der Waals surface area contributed by atoms with Crippen molar-refractivity contribution >= 4 is 15.8 Å². The minimum absolute atomic E-state index is 0.0213. The Bertz CT molecular complexity index is 563. The van der Waals surface area contributed by atoms with Crippen LogP contribution < -0.4 is 0 Å². The van der Waals surface area contributed by atoms with Crippen LogP contribution in [0, 0.1) is 5.92 Å². The minimum atomic E-state index is -3.49. The van der Waals surface area contributed by atoms with Gasteiger partial charge in [-0.2, -0.15) is 0 Å². The normalized spacial score (nSPS) is 12.8. The molecule has 0 aliphatic carbocycles. The van der Waals surface area contributed by atoms with Gasteiger partial charge in [-0.25, -0.2) is 8.42 Å². The average Bonchev–Trinajstić information content (AvgIpc) is 2.47. The molecule has 5 nitrogen and oxygen atoms in total. The van der Waals surface area contributed by atoms with E-state index in [0.29, 0.717) is 6.42 Å². The molecule has 0 radical (unpaired) electrons. The lowest BCUT2D eigenvalue weighted by Gasteiger charge is -2.16. The second-order valence-electron chi connectivity index (χ2n) is 5.42. The summed E-state index contributed by atoms with van der Waals surface area (Å²) in [6.07, 6.45) is 3.73. The van der Waals surface area contributed by atoms with Crippen molar-refractivity contribution in [1.29, 1.82) is 0 Å². The summed E-state index contributed by atoms with van der Waals surface area (Å²) in [4.78, 5) is 11.6. The van der Waals surface area contributed by atoms with Gasteiger partial charge in [-0.05, 0) is 36.6 Å². The third-order valence-electron chi connectivity index (χ3n) is 3.55. The van der Waals surface area contributed by atoms with Crippen LogP contribution in [0.25, 0.3) is 0 Å². The first-order valence-electron chi connectivity index (χ1n) is 7.47. The molecule has 0 spiro atoms. The van der Waals surface area contributed by atoms with Crippen LogP contribution in [0.5, 0.6) is 5.75 Å². The Morgan fingerprint density at radius 3 is 2.41 bits per heavy atom. The molecule has 0 heterocycles. The van der Waals surface area contributed by atoms with E-state index in [2.05, 4.69) is 11.7 Å². The molecule has 6 heteroatoms. The molecule has 1 aromatic carbocycles. The van der Waals surface area contributed by atoms with Crippen molar-refractivity contribution in [3.8, 4) is 5.75 Å². The van der Waals surface area contributed by atoms with Crippen molar-refractivity contribution < 1.29 is 23.1 Å². The van der Waals surface area contributed by atoms with Crippen LogP contribution in [0.3, 0.4) is 0 Å². The summed E-state index contributed by atoms with van der Waals surface area (Å²) in [7, 11) is -2.18. The van der Waals surface area contributed by atoms with E-state index >= 15 is 0 Å². The van der Waals surface area contributed by atoms with Gasteiger partial charge in [0.15, 0.2) is 9.84 Å². The van der Waals surface area contributed by atoms with Crippen LogP contribution in [0.4, 0.5) is 0 Å². The van der Waals surface area contributed by atoms with Gasteiger partial charge >= 0.3 is 5.97 Å². The highest BCUT2D eigenvalue weighted by molar-refractivity contribution is 7.91. The number of ether oxygens (including phenoxy) is 1. The van der Waals surface area contributed by atoms with Crippen LogP contribution in [0.1, 0.15) is 39.0 Å². The van der Waals surface area contributed by atoms with Gasteiger partial charge in [0.25, 0.3) is 0 Å². The fourth-order valence-corrected chi connectivity index (χ4v) is 3.95. The Hall–Kier alpha value is -1.56. The summed E-state index contributed by atoms with van der Waals surface area (Å²) in [6.45, 7) is 2.07. The molecule has 124 valence electrons. The van der Waals surface area contributed by atoms with E-state index in [1.807, 2.05) is 0 Å². The molecule has 0 aliphatic heterocycles. The number of carbonyl (C=O) groups excluding carboxylic acids is 1. The standard InChI is InChI=1S/C16H24O5S/c1-3-4-5-6-13(11-16(18)21-2)12-22(19,20)15-9-7-14(17)8-10-15/h7-10,13,17H,3-6,11-12H2,1-2H3. The van der Waals surface area contributed by atoms with Crippen LogP contribution in [0.2, 0.25) is 0 Å². The van der Waals surface area contributed by atoms with Gasteiger partial charge in [-0.1, -0.05) is 26.2 Å². The van der Waals surface area contributed by atoms with Crippen molar-refractivity contribution in [1.82, 2.24) is 0 Å². The Kier molecular flexibility index (Phi) is 7.38. The number of sulfone groups is 1. The fourth-order valence-electron chi connectivity index (χ4n) is 2.31. The first-order valence-corrected chi connectivity index (χ1v) is 9.13. The number of hydrogen-bond donors (Lipinski definition) is 1. The van der Waals surface area contributed by atoms with Crippen LogP contribution >= 0.6 is 0 Å². The molecular weight excluding hydrogens is 304 g/mol. The van der Waals surface area contributed by atoms with Gasteiger partial charge in [0.2, 0.25) is 0 Å². The number of benzene rings is 1. The summed E-state index contributed by atoms with van der Waals surface area (Å²) in [5.74, 6) is -0.704. The molecule has 0 amide bonds. The molecule has 1 rings (SSSR count). The Balaban J connectivity index is 2.81. The quantitative estimate of drug-likeness (QED) is 0.557. The number of carbonyl (C=O) groups is 1. The van der Waals surface area contributed by atoms with Crippen molar-refractivity contribution in [3.63, 3.8) is 0 Å². The van der Waals surface area contributed by atoms with Gasteiger partial charge in [-0.3, -0.25) is 4.79 Å². The zero-order valence-electron chi connectivity index (χ0n) is 13.1. The van der Waals surface area contributed by atoms with Gasteiger partial charge in [-0.15, -0.1) is 0 Å². The molecule has 22 heavy (non-hydrogen) atoms. The zero-order chi connectivity index (χ0) is 16.6. The molecular formula is C16H24O5S. The summed E-state index contributed by atoms with van der Waals surface area (Å²) in [5.41, 5.74) is 0. The summed E-state index contributed by atoms with van der Waals surface area (Å²) in [6, 6.07) is 5.45. The molecule has 0 aliphatic rings. The van der Waals surface area contributed by atoms with Crippen molar-refractivity contribution in [2.45, 2.75) is 43.9 Å². The molecule has 1 unspecified atom stereocenters. The highest BCUT2D eigenvalue weighted by atomic mass is 32.2. The molecule has 0 bridgehead atoms. The maximum atomic E-state index is 12.4. The van der Waals surface area contributed by atoms with Crippen molar-refractivity contribution in [2.75, 3.05) is 12.9 Å². The Labute approximate surface area is 132 Å². The van der Waals surface area contributed by atoms with Crippen LogP contribution in [-0.4, -0.2) is 32.4 Å². The van der Waals surface area contributed by atoms with Gasteiger partial charge < -0.3 is 9.84 Å². The number of esters is 1. The van der Waals surface area contributed by atoms with E-state index in [0.717, 1.165) is 19.3 Å². The second-order valence-corrected chi connectivity index (χ2v) is 7.45. The third kappa shape index (κ3) is 6.05. The number of hydrogen-bond acceptors (Lipinski definition) is 5. The third-order valence-corrected chi connectivity index (χ3v) is 5.45. The lowest BCUT2D eigenvalue weighted by molar-refractivity contribution is -0.141. The van der Waals surface area contributed by atoms with E-state index in [9.17, 15) is 18.3 Å². The van der Waals surface area contributed by atoms with Gasteiger partial charge in [0.05, 0.1) is 17.8 Å². The van der Waals surface area contributed by atoms with Crippen molar-refractivity contribution in [2.24, 2.45) is 5.92 Å². The smallest absolute Gasteiger partial charge is 0.305 e. The maximum absolute atomic E-state index is 12.4. The number of rotatable bonds is 9. The van der Waals surface area contributed by atoms with Crippen LogP contribution in [-0.2, 0) is 19.4 Å². The number of methoxy groups -OCH3 is 1. The topological polar surface area (TPSA) is 80.7 Å². The number of aromatic hydroxyl groups is 1. The molecule has 0 aromatic heterocycles. The SMILES string of the molecule is CCCCCC(CC(=O)OC)CS(=O)(=O)c1ccc(O)cc1. The van der Waals surface area contributed by atoms with Crippen LogP contribution in [0.15, 0.2) is 29.2 Å². The molecule has 0 saturated heterocycles. The predicted molar refractivity (Wildman–Crippen MR) is 84.4 cm³/mol. The Morgan fingerprint density at radius 1 is 1.23 bits per heavy atom. The Morgan fingerprint density at radius 2 is 1.86 bits per heavy atom. The first kappa shape index (κ1) is 18.5. The molecule has 1 N–H and O–H groups in total. The fraction of sp³-hybridized carbons (Fsp3) is 0.562. The number of phenols is 1. The first-order chi connectivity index (χ1) is 10.4. The van der Waals surface area contributed by atoms with E-state index in [1.54, 1.807) is 0 Å². The average molecular weight is 328 g/mol. The summed E-state index contributed by atoms with van der Waals surface area (Å²) >= 11 is 0. The highest BCUT2D eigenvalue weighted by Crippen LogP contribution is 2.22. The van der Waals surface area contributed by atoms with E-state index in [-0.39, 0.29) is 34.7 Å². The largest absolute Gasteiger partial charge is 0.508 e. The predicted octanol–water partition coefficient (Wildman–Crippen LogP) is 2.93. The number of unbranched alkanes of at least 4 members (excludes halogenated alkanes) is 2. The highest BCUT2D eigenvalue weighted by Gasteiger charge is 2.23. The minimum Gasteiger partial charge on any atom is -0.508 e. The molecule has 0 saturated carbocycles. The molecule has 0 fully saturated rings. The summed E-state index contributed by atoms with van der Waals surface area (Å²) < 4.78 is 29.5. The molecule has 1 atom stereocenters. The number of phenolic OH excluding ortho intramolecular Hbond substituents is 1.